The molecule has 1 aromatic heterocycles. The van der Waals surface area contributed by atoms with Crippen molar-refractivity contribution < 1.29 is 0 Å². The average molecular weight is 189 g/mol. The number of hydrogen-bond acceptors (Lipinski definition) is 2. The standard InChI is InChI=1S/C11H15N3/c1-8-4-5-9-6-7-10(12-2)14(3)11(9)13-8/h4-5H,6-7H2,1-3H3. The summed E-state index contributed by atoms with van der Waals surface area (Å²) in [7, 11) is 3.87. The fourth-order valence-electron chi connectivity index (χ4n) is 1.86. The molecule has 0 fully saturated rings. The Morgan fingerprint density at radius 2 is 2.14 bits per heavy atom. The highest BCUT2D eigenvalue weighted by Crippen LogP contribution is 2.24. The monoisotopic (exact) mass is 189 g/mol. The minimum atomic E-state index is 1.02. The Kier molecular flexibility index (Phi) is 2.23. The van der Waals surface area contributed by atoms with Crippen molar-refractivity contribution >= 4 is 11.7 Å². The van der Waals surface area contributed by atoms with E-state index in [1.165, 1.54) is 5.56 Å². The summed E-state index contributed by atoms with van der Waals surface area (Å²) in [5.41, 5.74) is 2.39. The van der Waals surface area contributed by atoms with Gasteiger partial charge in [0, 0.05) is 26.2 Å². The number of amidine groups is 1. The third kappa shape index (κ3) is 1.39. The first-order valence-corrected chi connectivity index (χ1v) is 4.88. The van der Waals surface area contributed by atoms with Crippen molar-refractivity contribution in [2.45, 2.75) is 19.8 Å². The Bertz CT molecular complexity index is 382. The van der Waals surface area contributed by atoms with E-state index in [0.717, 1.165) is 30.2 Å². The fourth-order valence-corrected chi connectivity index (χ4v) is 1.86. The van der Waals surface area contributed by atoms with Gasteiger partial charge in [-0.2, -0.15) is 0 Å². The summed E-state index contributed by atoms with van der Waals surface area (Å²) >= 11 is 0. The maximum atomic E-state index is 4.54. The summed E-state index contributed by atoms with van der Waals surface area (Å²) in [5.74, 6) is 2.19. The largest absolute Gasteiger partial charge is 0.318 e. The van der Waals surface area contributed by atoms with Crippen molar-refractivity contribution in [3.05, 3.63) is 23.4 Å². The van der Waals surface area contributed by atoms with Gasteiger partial charge in [0.25, 0.3) is 0 Å². The number of aryl methyl sites for hydroxylation is 2. The number of anilines is 1. The van der Waals surface area contributed by atoms with Crippen LogP contribution < -0.4 is 4.90 Å². The highest BCUT2D eigenvalue weighted by atomic mass is 15.2. The van der Waals surface area contributed by atoms with Crippen LogP contribution in [0.1, 0.15) is 17.7 Å². The van der Waals surface area contributed by atoms with Gasteiger partial charge in [0.2, 0.25) is 0 Å². The van der Waals surface area contributed by atoms with Crippen LogP contribution in [0.25, 0.3) is 0 Å². The van der Waals surface area contributed by atoms with Crippen LogP contribution >= 0.6 is 0 Å². The van der Waals surface area contributed by atoms with Gasteiger partial charge < -0.3 is 4.90 Å². The smallest absolute Gasteiger partial charge is 0.137 e. The molecule has 3 nitrogen and oxygen atoms in total. The van der Waals surface area contributed by atoms with E-state index in [-0.39, 0.29) is 0 Å². The highest BCUT2D eigenvalue weighted by molar-refractivity contribution is 5.98. The summed E-state index contributed by atoms with van der Waals surface area (Å²) in [6, 6.07) is 4.24. The molecule has 0 N–H and O–H groups in total. The maximum Gasteiger partial charge on any atom is 0.137 e. The van der Waals surface area contributed by atoms with Crippen LogP contribution in [-0.4, -0.2) is 24.9 Å². The molecule has 0 aliphatic carbocycles. The molecule has 14 heavy (non-hydrogen) atoms. The molecule has 0 saturated heterocycles. The molecule has 74 valence electrons. The Balaban J connectivity index is 2.48. The summed E-state index contributed by atoms with van der Waals surface area (Å²) in [4.78, 5) is 10.9. The fraction of sp³-hybridized carbons (Fsp3) is 0.455. The van der Waals surface area contributed by atoms with Gasteiger partial charge in [-0.15, -0.1) is 0 Å². The number of hydrogen-bond donors (Lipinski definition) is 0. The van der Waals surface area contributed by atoms with E-state index in [4.69, 9.17) is 0 Å². The molecule has 0 bridgehead atoms. The zero-order valence-corrected chi connectivity index (χ0v) is 8.91. The minimum Gasteiger partial charge on any atom is -0.318 e. The summed E-state index contributed by atoms with van der Waals surface area (Å²) < 4.78 is 0. The molecule has 0 aromatic carbocycles. The van der Waals surface area contributed by atoms with E-state index < -0.39 is 0 Å². The van der Waals surface area contributed by atoms with Gasteiger partial charge in [-0.05, 0) is 25.0 Å². The van der Waals surface area contributed by atoms with Crippen LogP contribution in [0.4, 0.5) is 5.82 Å². The predicted molar refractivity (Wildman–Crippen MR) is 59.1 cm³/mol. The number of aromatic nitrogens is 1. The molecule has 3 heteroatoms. The Morgan fingerprint density at radius 1 is 1.36 bits per heavy atom. The summed E-state index contributed by atoms with van der Waals surface area (Å²) in [5, 5.41) is 0. The van der Waals surface area contributed by atoms with Crippen LogP contribution in [0, 0.1) is 6.92 Å². The number of fused-ring (bicyclic) bond motifs is 1. The molecular formula is C11H15N3. The number of nitrogens with zero attached hydrogens (tertiary/aromatic N) is 3. The molecule has 0 radical (unpaired) electrons. The molecule has 1 aromatic rings. The number of aliphatic imine (C=N–C) groups is 1. The SMILES string of the molecule is CN=C1CCc2ccc(C)nc2N1C. The predicted octanol–water partition coefficient (Wildman–Crippen LogP) is 1.80. The van der Waals surface area contributed by atoms with E-state index in [2.05, 4.69) is 27.0 Å². The molecular weight excluding hydrogens is 174 g/mol. The van der Waals surface area contributed by atoms with Crippen molar-refractivity contribution in [3.63, 3.8) is 0 Å². The molecule has 0 atom stereocenters. The van der Waals surface area contributed by atoms with Crippen molar-refractivity contribution in [1.29, 1.82) is 0 Å². The van der Waals surface area contributed by atoms with E-state index in [0.29, 0.717) is 0 Å². The van der Waals surface area contributed by atoms with Crippen LogP contribution in [0.3, 0.4) is 0 Å². The van der Waals surface area contributed by atoms with Crippen LogP contribution in [-0.2, 0) is 6.42 Å². The lowest BCUT2D eigenvalue weighted by Crippen LogP contribution is -2.32. The van der Waals surface area contributed by atoms with Crippen molar-refractivity contribution in [2.75, 3.05) is 19.0 Å². The second-order valence-corrected chi connectivity index (χ2v) is 3.63. The first-order chi connectivity index (χ1) is 6.72. The molecule has 0 spiro atoms. The Hall–Kier alpha value is -1.38. The first-order valence-electron chi connectivity index (χ1n) is 4.88. The van der Waals surface area contributed by atoms with E-state index in [1.54, 1.807) is 0 Å². The Labute approximate surface area is 84.5 Å². The number of pyridine rings is 1. The summed E-state index contributed by atoms with van der Waals surface area (Å²) in [6.45, 7) is 2.02. The molecule has 2 heterocycles. The van der Waals surface area contributed by atoms with Gasteiger partial charge in [0.1, 0.15) is 11.7 Å². The Morgan fingerprint density at radius 3 is 2.86 bits per heavy atom. The normalized spacial score (nSPS) is 18.5. The first kappa shape index (κ1) is 9.19. The lowest BCUT2D eigenvalue weighted by molar-refractivity contribution is 0.917. The molecule has 2 rings (SSSR count). The van der Waals surface area contributed by atoms with Gasteiger partial charge in [0.15, 0.2) is 0 Å². The lowest BCUT2D eigenvalue weighted by atomic mass is 10.0. The van der Waals surface area contributed by atoms with Crippen molar-refractivity contribution in [1.82, 2.24) is 4.98 Å². The third-order valence-electron chi connectivity index (χ3n) is 2.68. The molecule has 0 unspecified atom stereocenters. The molecule has 1 aliphatic rings. The van der Waals surface area contributed by atoms with Gasteiger partial charge in [-0.3, -0.25) is 4.99 Å². The lowest BCUT2D eigenvalue weighted by Gasteiger charge is -2.27. The van der Waals surface area contributed by atoms with Crippen molar-refractivity contribution in [2.24, 2.45) is 4.99 Å². The van der Waals surface area contributed by atoms with E-state index in [9.17, 15) is 0 Å². The molecule has 0 amide bonds. The minimum absolute atomic E-state index is 1.02. The second-order valence-electron chi connectivity index (χ2n) is 3.63. The van der Waals surface area contributed by atoms with Gasteiger partial charge in [-0.1, -0.05) is 6.07 Å². The average Bonchev–Trinajstić information content (AvgIpc) is 2.20. The van der Waals surface area contributed by atoms with Crippen LogP contribution in [0.2, 0.25) is 0 Å². The van der Waals surface area contributed by atoms with Crippen molar-refractivity contribution in [3.8, 4) is 0 Å². The maximum absolute atomic E-state index is 4.54. The van der Waals surface area contributed by atoms with E-state index in [1.807, 2.05) is 21.0 Å². The quantitative estimate of drug-likeness (QED) is 0.622. The van der Waals surface area contributed by atoms with E-state index >= 15 is 0 Å². The number of rotatable bonds is 0. The van der Waals surface area contributed by atoms with Crippen LogP contribution in [0.5, 0.6) is 0 Å². The topological polar surface area (TPSA) is 28.5 Å². The zero-order chi connectivity index (χ0) is 10.1. The summed E-state index contributed by atoms with van der Waals surface area (Å²) in [6.07, 6.45) is 2.07. The van der Waals surface area contributed by atoms with Crippen LogP contribution in [0.15, 0.2) is 17.1 Å². The molecule has 1 aliphatic heterocycles. The second kappa shape index (κ2) is 3.40. The van der Waals surface area contributed by atoms with Gasteiger partial charge >= 0.3 is 0 Å². The van der Waals surface area contributed by atoms with Gasteiger partial charge in [0.05, 0.1) is 0 Å². The highest BCUT2D eigenvalue weighted by Gasteiger charge is 2.19. The molecule has 0 saturated carbocycles. The van der Waals surface area contributed by atoms with Gasteiger partial charge in [-0.25, -0.2) is 4.98 Å². The zero-order valence-electron chi connectivity index (χ0n) is 8.91. The third-order valence-corrected chi connectivity index (χ3v) is 2.68.